The van der Waals surface area contributed by atoms with Crippen LogP contribution in [0.4, 0.5) is 0 Å². The molecule has 1 aromatic carbocycles. The van der Waals surface area contributed by atoms with Gasteiger partial charge in [0, 0.05) is 15.1 Å². The van der Waals surface area contributed by atoms with Crippen molar-refractivity contribution in [2.24, 2.45) is 0 Å². The summed E-state index contributed by atoms with van der Waals surface area (Å²) < 4.78 is 13.0. The summed E-state index contributed by atoms with van der Waals surface area (Å²) >= 11 is 4.89. The summed E-state index contributed by atoms with van der Waals surface area (Å²) in [5.74, 6) is -0.621. The van der Waals surface area contributed by atoms with Crippen molar-refractivity contribution < 1.29 is 14.1 Å². The van der Waals surface area contributed by atoms with E-state index in [1.165, 1.54) is 6.07 Å². The third kappa shape index (κ3) is 3.75. The Morgan fingerprint density at radius 1 is 1.37 bits per heavy atom. The quantitative estimate of drug-likeness (QED) is 0.888. The van der Waals surface area contributed by atoms with Crippen molar-refractivity contribution in [3.05, 3.63) is 50.6 Å². The Balaban J connectivity index is 2.18. The van der Waals surface area contributed by atoms with Gasteiger partial charge < -0.3 is 5.11 Å². The third-order valence-electron chi connectivity index (χ3n) is 2.53. The highest BCUT2D eigenvalue weighted by Gasteiger charge is 2.15. The van der Waals surface area contributed by atoms with Gasteiger partial charge in [0.15, 0.2) is 0 Å². The number of hydrogen-bond donors (Lipinski definition) is 1. The van der Waals surface area contributed by atoms with Gasteiger partial charge in [-0.1, -0.05) is 22.0 Å². The fraction of sp³-hybridized carbons (Fsp3) is 0.154. The Kier molecular flexibility index (Phi) is 4.90. The van der Waals surface area contributed by atoms with Crippen molar-refractivity contribution in [3.63, 3.8) is 0 Å². The number of carboxylic acids is 1. The van der Waals surface area contributed by atoms with Crippen molar-refractivity contribution in [1.82, 2.24) is 0 Å². The van der Waals surface area contributed by atoms with Crippen LogP contribution in [0, 0.1) is 0 Å². The molecule has 1 N–H and O–H groups in total. The van der Waals surface area contributed by atoms with Crippen LogP contribution in [0.1, 0.15) is 15.2 Å². The molecule has 100 valence electrons. The molecule has 2 rings (SSSR count). The summed E-state index contributed by atoms with van der Waals surface area (Å²) in [4.78, 5) is 12.6. The van der Waals surface area contributed by atoms with E-state index in [-0.39, 0.29) is 5.56 Å². The molecule has 0 radical (unpaired) electrons. The molecule has 1 heterocycles. The smallest absolute Gasteiger partial charge is 0.336 e. The number of aromatic carboxylic acids is 1. The molecule has 0 aliphatic carbocycles. The number of carbonyl (C=O) groups is 1. The maximum Gasteiger partial charge on any atom is 0.336 e. The van der Waals surface area contributed by atoms with Crippen LogP contribution in [0.5, 0.6) is 0 Å². The molecule has 0 bridgehead atoms. The van der Waals surface area contributed by atoms with Crippen LogP contribution < -0.4 is 0 Å². The Labute approximate surface area is 125 Å². The molecule has 0 fully saturated rings. The van der Waals surface area contributed by atoms with E-state index in [0.29, 0.717) is 17.1 Å². The summed E-state index contributed by atoms with van der Waals surface area (Å²) in [6.07, 6.45) is 0.690. The molecule has 0 spiro atoms. The fourth-order valence-electron chi connectivity index (χ4n) is 1.62. The maximum absolute atomic E-state index is 12.2. The van der Waals surface area contributed by atoms with Gasteiger partial charge in [-0.15, -0.1) is 11.3 Å². The molecule has 0 saturated carbocycles. The van der Waals surface area contributed by atoms with Crippen LogP contribution >= 0.6 is 27.3 Å². The van der Waals surface area contributed by atoms with E-state index >= 15 is 0 Å². The standard InChI is InChI=1S/C13H11BrO3S2/c14-9-3-4-11(13(15)16)12(8-9)19(17)7-5-10-2-1-6-18-10/h1-4,6,8H,5,7H2,(H,15,16). The fourth-order valence-corrected chi connectivity index (χ4v) is 4.25. The lowest BCUT2D eigenvalue weighted by Crippen LogP contribution is -2.08. The largest absolute Gasteiger partial charge is 0.478 e. The summed E-state index contributed by atoms with van der Waals surface area (Å²) in [7, 11) is -1.31. The van der Waals surface area contributed by atoms with Gasteiger partial charge in [0.2, 0.25) is 0 Å². The first-order valence-electron chi connectivity index (χ1n) is 5.51. The third-order valence-corrected chi connectivity index (χ3v) is 5.37. The van der Waals surface area contributed by atoms with E-state index in [1.54, 1.807) is 23.5 Å². The number of aryl methyl sites for hydroxylation is 1. The number of rotatable bonds is 5. The zero-order valence-electron chi connectivity index (χ0n) is 9.84. The molecule has 19 heavy (non-hydrogen) atoms. The second-order valence-electron chi connectivity index (χ2n) is 3.82. The Bertz CT molecular complexity index is 608. The van der Waals surface area contributed by atoms with Crippen molar-refractivity contribution in [1.29, 1.82) is 0 Å². The topological polar surface area (TPSA) is 54.4 Å². The molecule has 0 aliphatic rings. The van der Waals surface area contributed by atoms with Crippen LogP contribution in [0.15, 0.2) is 45.1 Å². The van der Waals surface area contributed by atoms with Gasteiger partial charge in [-0.05, 0) is 36.1 Å². The molecular formula is C13H11BrO3S2. The lowest BCUT2D eigenvalue weighted by Gasteiger charge is -2.06. The Morgan fingerprint density at radius 2 is 2.16 bits per heavy atom. The summed E-state index contributed by atoms with van der Waals surface area (Å²) in [6, 6.07) is 8.67. The van der Waals surface area contributed by atoms with E-state index in [4.69, 9.17) is 5.11 Å². The number of carboxylic acid groups (broad SMARTS) is 1. The molecule has 1 atom stereocenters. The normalized spacial score (nSPS) is 12.3. The van der Waals surface area contributed by atoms with Gasteiger partial charge in [0.25, 0.3) is 0 Å². The predicted octanol–water partition coefficient (Wildman–Crippen LogP) is 3.56. The van der Waals surface area contributed by atoms with Crippen LogP contribution in [0.25, 0.3) is 0 Å². The van der Waals surface area contributed by atoms with Crippen molar-refractivity contribution in [3.8, 4) is 0 Å². The zero-order chi connectivity index (χ0) is 13.8. The number of halogens is 1. The highest BCUT2D eigenvalue weighted by molar-refractivity contribution is 9.10. The second kappa shape index (κ2) is 6.45. The minimum atomic E-state index is -1.31. The molecule has 1 unspecified atom stereocenters. The Morgan fingerprint density at radius 3 is 2.79 bits per heavy atom. The van der Waals surface area contributed by atoms with Crippen LogP contribution in [-0.2, 0) is 17.2 Å². The minimum Gasteiger partial charge on any atom is -0.478 e. The first-order valence-corrected chi connectivity index (χ1v) is 8.50. The highest BCUT2D eigenvalue weighted by atomic mass is 79.9. The highest BCUT2D eigenvalue weighted by Crippen LogP contribution is 2.21. The average molecular weight is 359 g/mol. The van der Waals surface area contributed by atoms with Crippen LogP contribution in [-0.4, -0.2) is 21.0 Å². The summed E-state index contributed by atoms with van der Waals surface area (Å²) in [5.41, 5.74) is 0.104. The van der Waals surface area contributed by atoms with E-state index in [9.17, 15) is 9.00 Å². The van der Waals surface area contributed by atoms with E-state index in [2.05, 4.69) is 15.9 Å². The van der Waals surface area contributed by atoms with Gasteiger partial charge in [0.05, 0.1) is 21.3 Å². The maximum atomic E-state index is 12.2. The molecule has 0 amide bonds. The minimum absolute atomic E-state index is 0.104. The lowest BCUT2D eigenvalue weighted by molar-refractivity contribution is 0.0693. The van der Waals surface area contributed by atoms with E-state index in [1.807, 2.05) is 17.5 Å². The predicted molar refractivity (Wildman–Crippen MR) is 80.4 cm³/mol. The van der Waals surface area contributed by atoms with Gasteiger partial charge >= 0.3 is 5.97 Å². The van der Waals surface area contributed by atoms with Crippen molar-refractivity contribution in [2.45, 2.75) is 11.3 Å². The number of thiophene rings is 1. The molecule has 0 saturated heterocycles. The lowest BCUT2D eigenvalue weighted by atomic mass is 10.2. The molecular weight excluding hydrogens is 348 g/mol. The van der Waals surface area contributed by atoms with Crippen LogP contribution in [0.3, 0.4) is 0 Å². The number of benzene rings is 1. The first kappa shape index (κ1) is 14.4. The second-order valence-corrected chi connectivity index (χ2v) is 7.31. The average Bonchev–Trinajstić information content (AvgIpc) is 2.88. The van der Waals surface area contributed by atoms with Gasteiger partial charge in [0.1, 0.15) is 0 Å². The van der Waals surface area contributed by atoms with E-state index < -0.39 is 16.8 Å². The summed E-state index contributed by atoms with van der Waals surface area (Å²) in [6.45, 7) is 0. The van der Waals surface area contributed by atoms with Crippen molar-refractivity contribution in [2.75, 3.05) is 5.75 Å². The van der Waals surface area contributed by atoms with Gasteiger partial charge in [-0.2, -0.15) is 0 Å². The Hall–Kier alpha value is -0.980. The number of hydrogen-bond acceptors (Lipinski definition) is 3. The first-order chi connectivity index (χ1) is 9.08. The van der Waals surface area contributed by atoms with Crippen LogP contribution in [0.2, 0.25) is 0 Å². The van der Waals surface area contributed by atoms with Gasteiger partial charge in [-0.3, -0.25) is 4.21 Å². The summed E-state index contributed by atoms with van der Waals surface area (Å²) in [5, 5.41) is 11.1. The SMILES string of the molecule is O=C(O)c1ccc(Br)cc1S(=O)CCc1cccs1. The molecule has 1 aromatic heterocycles. The molecule has 0 aliphatic heterocycles. The molecule has 3 nitrogen and oxygen atoms in total. The van der Waals surface area contributed by atoms with Gasteiger partial charge in [-0.25, -0.2) is 4.79 Å². The molecule has 6 heteroatoms. The van der Waals surface area contributed by atoms with Crippen molar-refractivity contribution >= 4 is 44.0 Å². The molecule has 2 aromatic rings. The zero-order valence-corrected chi connectivity index (χ0v) is 13.1. The van der Waals surface area contributed by atoms with E-state index in [0.717, 1.165) is 9.35 Å². The monoisotopic (exact) mass is 358 g/mol.